The highest BCUT2D eigenvalue weighted by Crippen LogP contribution is 2.19. The SMILES string of the molecule is Cc1nc(-c2cnn(C(C)C)c2)nc(N)c1F. The van der Waals surface area contributed by atoms with E-state index in [1.54, 1.807) is 17.8 Å². The number of nitrogen functional groups attached to an aromatic ring is 1. The maximum atomic E-state index is 13.3. The van der Waals surface area contributed by atoms with Gasteiger partial charge in [0.25, 0.3) is 0 Å². The van der Waals surface area contributed by atoms with Gasteiger partial charge in [-0.15, -0.1) is 0 Å². The standard InChI is InChI=1S/C11H14FN5/c1-6(2)17-5-8(4-14-17)11-15-7(3)9(12)10(13)16-11/h4-6H,1-3H3,(H2,13,15,16). The van der Waals surface area contributed by atoms with Crippen LogP contribution in [0, 0.1) is 12.7 Å². The van der Waals surface area contributed by atoms with Gasteiger partial charge in [-0.1, -0.05) is 0 Å². The molecule has 2 N–H and O–H groups in total. The van der Waals surface area contributed by atoms with Crippen LogP contribution in [-0.4, -0.2) is 19.7 Å². The Morgan fingerprint density at radius 2 is 2.06 bits per heavy atom. The molecule has 0 saturated carbocycles. The molecule has 0 amide bonds. The lowest BCUT2D eigenvalue weighted by Crippen LogP contribution is -2.03. The fourth-order valence-electron chi connectivity index (χ4n) is 1.45. The van der Waals surface area contributed by atoms with E-state index >= 15 is 0 Å². The molecule has 0 spiro atoms. The Hall–Kier alpha value is -1.98. The number of halogens is 1. The molecule has 0 bridgehead atoms. The average molecular weight is 235 g/mol. The quantitative estimate of drug-likeness (QED) is 0.863. The van der Waals surface area contributed by atoms with Crippen LogP contribution in [0.4, 0.5) is 10.2 Å². The largest absolute Gasteiger partial charge is 0.381 e. The van der Waals surface area contributed by atoms with Gasteiger partial charge >= 0.3 is 0 Å². The first-order valence-corrected chi connectivity index (χ1v) is 5.33. The predicted molar refractivity (Wildman–Crippen MR) is 62.7 cm³/mol. The number of aromatic nitrogens is 4. The zero-order chi connectivity index (χ0) is 12.6. The van der Waals surface area contributed by atoms with E-state index in [9.17, 15) is 4.39 Å². The second kappa shape index (κ2) is 4.12. The summed E-state index contributed by atoms with van der Waals surface area (Å²) >= 11 is 0. The van der Waals surface area contributed by atoms with Crippen molar-refractivity contribution in [2.75, 3.05) is 5.73 Å². The summed E-state index contributed by atoms with van der Waals surface area (Å²) < 4.78 is 15.1. The van der Waals surface area contributed by atoms with E-state index in [4.69, 9.17) is 5.73 Å². The first kappa shape index (κ1) is 11.5. The smallest absolute Gasteiger partial charge is 0.186 e. The molecule has 0 fully saturated rings. The summed E-state index contributed by atoms with van der Waals surface area (Å²) in [5.74, 6) is -0.303. The van der Waals surface area contributed by atoms with Crippen LogP contribution < -0.4 is 5.73 Å². The van der Waals surface area contributed by atoms with Crippen LogP contribution in [0.25, 0.3) is 11.4 Å². The lowest BCUT2D eigenvalue weighted by molar-refractivity contribution is 0.532. The van der Waals surface area contributed by atoms with Crippen LogP contribution in [0.2, 0.25) is 0 Å². The molecule has 6 heteroatoms. The summed E-state index contributed by atoms with van der Waals surface area (Å²) in [6.07, 6.45) is 3.46. The molecule has 2 aromatic rings. The van der Waals surface area contributed by atoms with E-state index in [0.717, 1.165) is 5.56 Å². The van der Waals surface area contributed by atoms with Crippen LogP contribution in [0.5, 0.6) is 0 Å². The van der Waals surface area contributed by atoms with Gasteiger partial charge in [0.05, 0.1) is 17.5 Å². The first-order valence-electron chi connectivity index (χ1n) is 5.33. The monoisotopic (exact) mass is 235 g/mol. The third-order valence-electron chi connectivity index (χ3n) is 2.43. The summed E-state index contributed by atoms with van der Waals surface area (Å²) in [7, 11) is 0. The molecule has 0 atom stereocenters. The van der Waals surface area contributed by atoms with Crippen LogP contribution in [0.3, 0.4) is 0 Å². The lowest BCUT2D eigenvalue weighted by Gasteiger charge is -2.04. The fourth-order valence-corrected chi connectivity index (χ4v) is 1.45. The Bertz CT molecular complexity index is 524. The van der Waals surface area contributed by atoms with Crippen molar-refractivity contribution in [1.82, 2.24) is 19.7 Å². The van der Waals surface area contributed by atoms with E-state index in [2.05, 4.69) is 15.1 Å². The van der Waals surface area contributed by atoms with Gasteiger partial charge in [0, 0.05) is 12.2 Å². The van der Waals surface area contributed by atoms with E-state index in [-0.39, 0.29) is 17.6 Å². The summed E-state index contributed by atoms with van der Waals surface area (Å²) in [4.78, 5) is 7.97. The number of hydrogen-bond acceptors (Lipinski definition) is 4. The summed E-state index contributed by atoms with van der Waals surface area (Å²) in [5.41, 5.74) is 6.44. The minimum absolute atomic E-state index is 0.134. The molecule has 0 aromatic carbocycles. The molecule has 0 aliphatic heterocycles. The highest BCUT2D eigenvalue weighted by molar-refractivity contribution is 5.55. The Kier molecular flexibility index (Phi) is 2.79. The number of nitrogens with zero attached hydrogens (tertiary/aromatic N) is 4. The van der Waals surface area contributed by atoms with E-state index in [1.165, 1.54) is 0 Å². The van der Waals surface area contributed by atoms with Crippen LogP contribution in [0.15, 0.2) is 12.4 Å². The second-order valence-electron chi connectivity index (χ2n) is 4.13. The Morgan fingerprint density at radius 3 is 2.59 bits per heavy atom. The maximum Gasteiger partial charge on any atom is 0.186 e. The van der Waals surface area contributed by atoms with Gasteiger partial charge in [0.1, 0.15) is 0 Å². The van der Waals surface area contributed by atoms with E-state index in [1.807, 2.05) is 20.0 Å². The zero-order valence-corrected chi connectivity index (χ0v) is 9.98. The lowest BCUT2D eigenvalue weighted by atomic mass is 10.3. The highest BCUT2D eigenvalue weighted by Gasteiger charge is 2.12. The van der Waals surface area contributed by atoms with Gasteiger partial charge in [-0.05, 0) is 20.8 Å². The van der Waals surface area contributed by atoms with Crippen molar-refractivity contribution in [3.63, 3.8) is 0 Å². The zero-order valence-electron chi connectivity index (χ0n) is 9.98. The van der Waals surface area contributed by atoms with Gasteiger partial charge in [-0.3, -0.25) is 4.68 Å². The molecule has 0 saturated heterocycles. The number of aryl methyl sites for hydroxylation is 1. The van der Waals surface area contributed by atoms with Crippen LogP contribution in [-0.2, 0) is 0 Å². The fraction of sp³-hybridized carbons (Fsp3) is 0.364. The van der Waals surface area contributed by atoms with Gasteiger partial charge in [-0.25, -0.2) is 14.4 Å². The third-order valence-corrected chi connectivity index (χ3v) is 2.43. The third kappa shape index (κ3) is 2.11. The number of anilines is 1. The van der Waals surface area contributed by atoms with Crippen molar-refractivity contribution >= 4 is 5.82 Å². The number of hydrogen-bond donors (Lipinski definition) is 1. The average Bonchev–Trinajstić information content (AvgIpc) is 2.74. The summed E-state index contributed by atoms with van der Waals surface area (Å²) in [5, 5.41) is 4.18. The molecular weight excluding hydrogens is 221 g/mol. The second-order valence-corrected chi connectivity index (χ2v) is 4.13. The Morgan fingerprint density at radius 1 is 1.35 bits per heavy atom. The molecule has 90 valence electrons. The number of nitrogens with two attached hydrogens (primary N) is 1. The molecule has 17 heavy (non-hydrogen) atoms. The van der Waals surface area contributed by atoms with Crippen molar-refractivity contribution in [3.8, 4) is 11.4 Å². The topological polar surface area (TPSA) is 69.6 Å². The maximum absolute atomic E-state index is 13.3. The molecule has 2 aromatic heterocycles. The molecule has 0 unspecified atom stereocenters. The van der Waals surface area contributed by atoms with E-state index in [0.29, 0.717) is 5.82 Å². The van der Waals surface area contributed by atoms with Crippen molar-refractivity contribution in [3.05, 3.63) is 23.9 Å². The highest BCUT2D eigenvalue weighted by atomic mass is 19.1. The Balaban J connectivity index is 2.46. The van der Waals surface area contributed by atoms with Crippen molar-refractivity contribution < 1.29 is 4.39 Å². The normalized spacial score (nSPS) is 11.1. The Labute approximate surface area is 98.5 Å². The van der Waals surface area contributed by atoms with Gasteiger partial charge in [0.15, 0.2) is 17.5 Å². The van der Waals surface area contributed by atoms with E-state index < -0.39 is 5.82 Å². The minimum atomic E-state index is -0.565. The van der Waals surface area contributed by atoms with Crippen LogP contribution >= 0.6 is 0 Å². The molecule has 5 nitrogen and oxygen atoms in total. The molecule has 0 aliphatic rings. The van der Waals surface area contributed by atoms with Gasteiger partial charge in [0.2, 0.25) is 0 Å². The number of rotatable bonds is 2. The predicted octanol–water partition coefficient (Wildman–Crippen LogP) is 1.95. The van der Waals surface area contributed by atoms with Crippen molar-refractivity contribution in [1.29, 1.82) is 0 Å². The van der Waals surface area contributed by atoms with Gasteiger partial charge < -0.3 is 5.73 Å². The molecule has 2 rings (SSSR count). The minimum Gasteiger partial charge on any atom is -0.381 e. The molecular formula is C11H14FN5. The van der Waals surface area contributed by atoms with Gasteiger partial charge in [-0.2, -0.15) is 5.10 Å². The van der Waals surface area contributed by atoms with Crippen molar-refractivity contribution in [2.24, 2.45) is 0 Å². The molecule has 2 heterocycles. The van der Waals surface area contributed by atoms with Crippen molar-refractivity contribution in [2.45, 2.75) is 26.8 Å². The summed E-state index contributed by atoms with van der Waals surface area (Å²) in [6, 6.07) is 0.252. The van der Waals surface area contributed by atoms with Crippen LogP contribution in [0.1, 0.15) is 25.6 Å². The molecule has 0 radical (unpaired) electrons. The molecule has 0 aliphatic carbocycles. The first-order chi connectivity index (χ1) is 7.99. The summed E-state index contributed by atoms with van der Waals surface area (Å²) in [6.45, 7) is 5.59.